The van der Waals surface area contributed by atoms with Crippen LogP contribution in [0.1, 0.15) is 138 Å². The van der Waals surface area contributed by atoms with Crippen molar-refractivity contribution >= 4 is 35.4 Å². The Balaban J connectivity index is 1.15. The lowest BCUT2D eigenvalue weighted by atomic mass is 9.87. The van der Waals surface area contributed by atoms with Crippen molar-refractivity contribution in [2.75, 3.05) is 27.2 Å². The molecule has 2 aromatic rings. The Morgan fingerprint density at radius 2 is 0.985 bits per heavy atom. The van der Waals surface area contributed by atoms with Crippen LogP contribution in [0.25, 0.3) is 0 Å². The molecule has 8 atom stereocenters. The number of aryl methyl sites for hydroxylation is 2. The van der Waals surface area contributed by atoms with Crippen LogP contribution in [0.4, 0.5) is 0 Å². The smallest absolute Gasteiger partial charge is 0.246 e. The molecule has 0 spiro atoms. The Labute approximate surface area is 391 Å². The van der Waals surface area contributed by atoms with Gasteiger partial charge in [-0.1, -0.05) is 87.1 Å². The van der Waals surface area contributed by atoms with E-state index in [0.29, 0.717) is 51.6 Å². The maximum Gasteiger partial charge on any atom is 0.246 e. The molecule has 14 heteroatoms. The number of likely N-dealkylation sites (tertiary alicyclic amines) is 2. The van der Waals surface area contributed by atoms with E-state index in [1.165, 1.54) is 11.1 Å². The average Bonchev–Trinajstić information content (AvgIpc) is 4.04. The standard InChI is InChI=1S/C52H70N8O6/c1-5-19-41(53-3)47(61)57-43(51(65)59-33-17-31-45(59)49(63)55-39-29-15-23-35-21-11-13-25-37(35)39)27-9-7-8-10-28-44(58-48(62)42(54-4)20-6-2)52(66)60-34-18-32-46(60)50(64)56-40-30-16-24-36-22-12-14-26-38(36)40/h11-14,21-22,25-26,39-46,53-54H,5-6,15-20,23-24,27-34H2,1-4H3,(H,55,63)(H,56,64)(H,57,61)(H,58,62)/t39-,40-,41+,42+,43+,44+,45+,46+/m1/s1. The second-order valence-electron chi connectivity index (χ2n) is 18.1. The lowest BCUT2D eigenvalue weighted by molar-refractivity contribution is -0.141. The first-order valence-corrected chi connectivity index (χ1v) is 24.4. The predicted octanol–water partition coefficient (Wildman–Crippen LogP) is 3.89. The van der Waals surface area contributed by atoms with Gasteiger partial charge >= 0.3 is 0 Å². The molecule has 2 heterocycles. The zero-order valence-corrected chi connectivity index (χ0v) is 39.3. The number of carbonyl (C=O) groups is 6. The van der Waals surface area contributed by atoms with Crippen molar-refractivity contribution in [3.8, 4) is 23.7 Å². The van der Waals surface area contributed by atoms with Crippen LogP contribution in [0.15, 0.2) is 48.5 Å². The van der Waals surface area contributed by atoms with Crippen molar-refractivity contribution in [1.82, 2.24) is 41.7 Å². The summed E-state index contributed by atoms with van der Waals surface area (Å²) in [5.41, 5.74) is 4.69. The second-order valence-corrected chi connectivity index (χ2v) is 18.1. The van der Waals surface area contributed by atoms with Gasteiger partial charge in [-0.15, -0.1) is 0 Å². The summed E-state index contributed by atoms with van der Waals surface area (Å²) in [6.07, 6.45) is 10.4. The van der Waals surface area contributed by atoms with Gasteiger partial charge in [-0.25, -0.2) is 0 Å². The largest absolute Gasteiger partial charge is 0.347 e. The number of hydrogen-bond acceptors (Lipinski definition) is 8. The zero-order chi connectivity index (χ0) is 47.0. The first-order chi connectivity index (χ1) is 32.1. The summed E-state index contributed by atoms with van der Waals surface area (Å²) in [6, 6.07) is 11.6. The van der Waals surface area contributed by atoms with E-state index in [1.807, 2.05) is 38.1 Å². The Morgan fingerprint density at radius 3 is 1.38 bits per heavy atom. The number of fused-ring (bicyclic) bond motifs is 2. The van der Waals surface area contributed by atoms with Gasteiger partial charge in [0, 0.05) is 25.9 Å². The highest BCUT2D eigenvalue weighted by molar-refractivity contribution is 5.95. The van der Waals surface area contributed by atoms with Crippen LogP contribution in [-0.2, 0) is 41.6 Å². The highest BCUT2D eigenvalue weighted by Crippen LogP contribution is 2.32. The maximum atomic E-state index is 14.3. The van der Waals surface area contributed by atoms with Crippen molar-refractivity contribution in [3.63, 3.8) is 0 Å². The van der Waals surface area contributed by atoms with E-state index in [0.717, 1.165) is 62.5 Å². The van der Waals surface area contributed by atoms with Gasteiger partial charge in [0.15, 0.2) is 0 Å². The third-order valence-corrected chi connectivity index (χ3v) is 13.6. The van der Waals surface area contributed by atoms with E-state index in [-0.39, 0.29) is 60.4 Å². The van der Waals surface area contributed by atoms with Crippen molar-refractivity contribution in [2.45, 2.75) is 165 Å². The summed E-state index contributed by atoms with van der Waals surface area (Å²) in [5.74, 6) is 9.72. The molecular weight excluding hydrogens is 833 g/mol. The Bertz CT molecular complexity index is 2020. The van der Waals surface area contributed by atoms with Crippen LogP contribution < -0.4 is 31.9 Å². The minimum atomic E-state index is -1.03. The summed E-state index contributed by atoms with van der Waals surface area (Å²) < 4.78 is 0. The molecule has 2 aliphatic carbocycles. The van der Waals surface area contributed by atoms with Crippen LogP contribution in [-0.4, -0.2) is 109 Å². The Morgan fingerprint density at radius 1 is 0.576 bits per heavy atom. The first-order valence-electron chi connectivity index (χ1n) is 24.4. The van der Waals surface area contributed by atoms with Crippen LogP contribution in [0, 0.1) is 23.7 Å². The van der Waals surface area contributed by atoms with Gasteiger partial charge in [-0.3, -0.25) is 28.8 Å². The zero-order valence-electron chi connectivity index (χ0n) is 39.3. The van der Waals surface area contributed by atoms with Crippen LogP contribution in [0.2, 0.25) is 0 Å². The monoisotopic (exact) mass is 903 g/mol. The summed E-state index contributed by atoms with van der Waals surface area (Å²) in [7, 11) is 3.41. The summed E-state index contributed by atoms with van der Waals surface area (Å²) >= 11 is 0. The molecule has 0 saturated carbocycles. The normalized spacial score (nSPS) is 21.5. The number of carbonyl (C=O) groups excluding carboxylic acids is 6. The summed E-state index contributed by atoms with van der Waals surface area (Å²) in [5, 5.41) is 18.4. The SMILES string of the molecule is CCC[C@H](NC)C(=O)N[C@@H](CC#CC#CC[C@H](NC(=O)[C@H](CCC)NC)C(=O)N1CCC[C@H]1C(=O)N[C@@H]1CCCc2ccccc21)C(=O)N1CCC[C@H]1C(=O)N[C@@H]1CCCc2ccccc21. The van der Waals surface area contributed by atoms with E-state index >= 15 is 0 Å². The second kappa shape index (κ2) is 24.7. The fraction of sp³-hybridized carbons (Fsp3) is 0.577. The molecule has 2 saturated heterocycles. The number of rotatable bonds is 18. The topological polar surface area (TPSA) is 181 Å². The van der Waals surface area contributed by atoms with Crippen molar-refractivity contribution in [2.24, 2.45) is 0 Å². The Hall–Kier alpha value is -5.70. The molecule has 66 heavy (non-hydrogen) atoms. The number of nitrogens with zero attached hydrogens (tertiary/aromatic N) is 2. The molecule has 2 aromatic carbocycles. The van der Waals surface area contributed by atoms with E-state index in [9.17, 15) is 28.8 Å². The minimum absolute atomic E-state index is 0.0569. The highest BCUT2D eigenvalue weighted by atomic mass is 16.2. The number of benzene rings is 2. The highest BCUT2D eigenvalue weighted by Gasteiger charge is 2.41. The number of likely N-dealkylation sites (N-methyl/N-ethyl adjacent to an activating group) is 2. The molecular formula is C52H70N8O6. The summed E-state index contributed by atoms with van der Waals surface area (Å²) in [6.45, 7) is 4.72. The van der Waals surface area contributed by atoms with Crippen molar-refractivity contribution < 1.29 is 28.8 Å². The fourth-order valence-corrected chi connectivity index (χ4v) is 10.1. The fourth-order valence-electron chi connectivity index (χ4n) is 10.1. The third-order valence-electron chi connectivity index (χ3n) is 13.6. The maximum absolute atomic E-state index is 14.3. The minimum Gasteiger partial charge on any atom is -0.347 e. The van der Waals surface area contributed by atoms with Gasteiger partial charge in [0.25, 0.3) is 0 Å². The molecule has 6 rings (SSSR count). The Kier molecular flexibility index (Phi) is 18.6. The number of nitrogens with one attached hydrogen (secondary N) is 6. The van der Waals surface area contributed by atoms with Crippen molar-refractivity contribution in [1.29, 1.82) is 0 Å². The molecule has 2 fully saturated rings. The van der Waals surface area contributed by atoms with Gasteiger partial charge in [0.1, 0.15) is 24.2 Å². The molecule has 0 bridgehead atoms. The number of hydrogen-bond donors (Lipinski definition) is 6. The molecule has 0 unspecified atom stereocenters. The lowest BCUT2D eigenvalue weighted by Crippen LogP contribution is -2.56. The van der Waals surface area contributed by atoms with Gasteiger partial charge in [-0.05, 0) is 125 Å². The molecule has 6 amide bonds. The van der Waals surface area contributed by atoms with Gasteiger partial charge in [-0.2, -0.15) is 0 Å². The third kappa shape index (κ3) is 12.6. The molecule has 0 radical (unpaired) electrons. The molecule has 354 valence electrons. The molecule has 0 aromatic heterocycles. The molecule has 4 aliphatic rings. The van der Waals surface area contributed by atoms with Gasteiger partial charge in [0.2, 0.25) is 35.4 Å². The predicted molar refractivity (Wildman–Crippen MR) is 254 cm³/mol. The quantitative estimate of drug-likeness (QED) is 0.122. The van der Waals surface area contributed by atoms with Crippen LogP contribution in [0.3, 0.4) is 0 Å². The van der Waals surface area contributed by atoms with Crippen molar-refractivity contribution in [3.05, 3.63) is 70.8 Å². The van der Waals surface area contributed by atoms with Gasteiger partial charge < -0.3 is 41.7 Å². The van der Waals surface area contributed by atoms with E-state index in [4.69, 9.17) is 0 Å². The molecule has 2 aliphatic heterocycles. The molecule has 6 N–H and O–H groups in total. The van der Waals surface area contributed by atoms with Crippen LogP contribution >= 0.6 is 0 Å². The average molecular weight is 903 g/mol. The van der Waals surface area contributed by atoms with E-state index < -0.39 is 36.3 Å². The van der Waals surface area contributed by atoms with E-state index in [2.05, 4.69) is 79.8 Å². The first kappa shape index (κ1) is 49.7. The summed E-state index contributed by atoms with van der Waals surface area (Å²) in [4.78, 5) is 86.5. The van der Waals surface area contributed by atoms with Crippen LogP contribution in [0.5, 0.6) is 0 Å². The number of amides is 6. The van der Waals surface area contributed by atoms with E-state index in [1.54, 1.807) is 23.9 Å². The lowest BCUT2D eigenvalue weighted by Gasteiger charge is -2.31. The van der Waals surface area contributed by atoms with Gasteiger partial charge in [0.05, 0.1) is 24.2 Å². The molecule has 14 nitrogen and oxygen atoms in total.